The summed E-state index contributed by atoms with van der Waals surface area (Å²) >= 11 is 11.9. The van der Waals surface area contributed by atoms with Crippen LogP contribution in [-0.4, -0.2) is 32.3 Å². The number of hydrogen-bond acceptors (Lipinski definition) is 4. The number of halogens is 2. The largest absolute Gasteiger partial charge is 0.322 e. The van der Waals surface area contributed by atoms with E-state index in [0.717, 1.165) is 25.6 Å². The summed E-state index contributed by atoms with van der Waals surface area (Å²) in [5.41, 5.74) is 2.44. The Morgan fingerprint density at radius 1 is 1.03 bits per heavy atom. The molecule has 35 heavy (non-hydrogen) atoms. The molecule has 1 fully saturated rings. The van der Waals surface area contributed by atoms with Gasteiger partial charge in [0, 0.05) is 29.4 Å². The van der Waals surface area contributed by atoms with E-state index in [-0.39, 0.29) is 21.5 Å². The Bertz CT molecular complexity index is 1300. The molecule has 4 rings (SSSR count). The number of carbonyl (C=O) groups excluding carboxylic acids is 1. The first-order valence-corrected chi connectivity index (χ1v) is 13.6. The highest BCUT2D eigenvalue weighted by molar-refractivity contribution is 7.92. The topological polar surface area (TPSA) is 78.5 Å². The Morgan fingerprint density at radius 2 is 1.74 bits per heavy atom. The number of piperidine rings is 1. The SMILES string of the molecule is C[C@H]1CCCN(Cc2ccc(C(=O)Nc3ccc(S(=O)(=O)Nc4ccc(Cl)cc4Cl)cc3)cc2)C1. The number of anilines is 2. The molecule has 1 aliphatic heterocycles. The lowest BCUT2D eigenvalue weighted by molar-refractivity contribution is 0.102. The summed E-state index contributed by atoms with van der Waals surface area (Å²) in [6.07, 6.45) is 2.52. The molecule has 3 aromatic rings. The van der Waals surface area contributed by atoms with Crippen molar-refractivity contribution in [3.05, 3.63) is 87.9 Å². The number of rotatable bonds is 7. The molecule has 0 bridgehead atoms. The maximum absolute atomic E-state index is 12.7. The first-order valence-electron chi connectivity index (χ1n) is 11.4. The molecule has 1 saturated heterocycles. The highest BCUT2D eigenvalue weighted by Gasteiger charge is 2.18. The van der Waals surface area contributed by atoms with Gasteiger partial charge in [0.2, 0.25) is 0 Å². The van der Waals surface area contributed by atoms with Gasteiger partial charge < -0.3 is 5.32 Å². The number of sulfonamides is 1. The number of carbonyl (C=O) groups is 1. The highest BCUT2D eigenvalue weighted by Crippen LogP contribution is 2.28. The molecular formula is C26H27Cl2N3O3S. The monoisotopic (exact) mass is 531 g/mol. The van der Waals surface area contributed by atoms with Crippen LogP contribution in [0.25, 0.3) is 0 Å². The van der Waals surface area contributed by atoms with Crippen molar-refractivity contribution in [3.8, 4) is 0 Å². The summed E-state index contributed by atoms with van der Waals surface area (Å²) in [6.45, 7) is 5.39. The van der Waals surface area contributed by atoms with E-state index in [4.69, 9.17) is 23.2 Å². The summed E-state index contributed by atoms with van der Waals surface area (Å²) in [6, 6.07) is 18.0. The molecule has 0 spiro atoms. The normalized spacial score (nSPS) is 16.6. The molecule has 0 unspecified atom stereocenters. The maximum atomic E-state index is 12.7. The molecule has 1 heterocycles. The van der Waals surface area contributed by atoms with E-state index in [0.29, 0.717) is 16.3 Å². The third-order valence-corrected chi connectivity index (χ3v) is 7.89. The zero-order valence-electron chi connectivity index (χ0n) is 19.3. The number of nitrogens with one attached hydrogen (secondary N) is 2. The third-order valence-electron chi connectivity index (χ3n) is 5.96. The summed E-state index contributed by atoms with van der Waals surface area (Å²) in [7, 11) is -3.86. The van der Waals surface area contributed by atoms with Crippen LogP contribution in [0.2, 0.25) is 10.0 Å². The van der Waals surface area contributed by atoms with Crippen molar-refractivity contribution in [2.75, 3.05) is 23.1 Å². The molecule has 0 saturated carbocycles. The van der Waals surface area contributed by atoms with Crippen molar-refractivity contribution in [2.24, 2.45) is 5.92 Å². The van der Waals surface area contributed by atoms with Crippen molar-refractivity contribution in [1.82, 2.24) is 4.90 Å². The lowest BCUT2D eigenvalue weighted by Gasteiger charge is -2.30. The second-order valence-corrected chi connectivity index (χ2v) is 11.4. The van der Waals surface area contributed by atoms with Gasteiger partial charge in [-0.15, -0.1) is 0 Å². The van der Waals surface area contributed by atoms with E-state index < -0.39 is 10.0 Å². The number of benzene rings is 3. The Balaban J connectivity index is 1.36. The molecule has 1 amide bonds. The fourth-order valence-electron chi connectivity index (χ4n) is 4.15. The first kappa shape index (κ1) is 25.5. The molecule has 2 N–H and O–H groups in total. The van der Waals surface area contributed by atoms with Crippen LogP contribution >= 0.6 is 23.2 Å². The molecule has 0 aliphatic carbocycles. The average molecular weight is 532 g/mol. The molecule has 9 heteroatoms. The van der Waals surface area contributed by atoms with Gasteiger partial charge >= 0.3 is 0 Å². The van der Waals surface area contributed by atoms with Crippen molar-refractivity contribution in [3.63, 3.8) is 0 Å². The lowest BCUT2D eigenvalue weighted by atomic mass is 9.99. The van der Waals surface area contributed by atoms with Crippen LogP contribution in [0.4, 0.5) is 11.4 Å². The van der Waals surface area contributed by atoms with E-state index in [2.05, 4.69) is 21.9 Å². The van der Waals surface area contributed by atoms with E-state index in [9.17, 15) is 13.2 Å². The van der Waals surface area contributed by atoms with Gasteiger partial charge in [-0.25, -0.2) is 8.42 Å². The molecule has 0 aromatic heterocycles. The molecule has 3 aromatic carbocycles. The summed E-state index contributed by atoms with van der Waals surface area (Å²) in [5.74, 6) is 0.464. The standard InChI is InChI=1S/C26H27Cl2N3O3S/c1-18-3-2-14-31(16-18)17-19-4-6-20(7-5-19)26(32)29-22-9-11-23(12-10-22)35(33,34)30-25-13-8-21(27)15-24(25)28/h4-13,15,18,30H,2-3,14,16-17H2,1H3,(H,29,32)/t18-/m0/s1. The predicted octanol–water partition coefficient (Wildman–Crippen LogP) is 6.28. The number of amides is 1. The number of likely N-dealkylation sites (tertiary alicyclic amines) is 1. The van der Waals surface area contributed by atoms with Gasteiger partial charge in [0.05, 0.1) is 15.6 Å². The molecule has 1 aliphatic rings. The van der Waals surface area contributed by atoms with E-state index in [1.807, 2.05) is 24.3 Å². The van der Waals surface area contributed by atoms with Crippen molar-refractivity contribution < 1.29 is 13.2 Å². The Labute approximate surface area is 216 Å². The van der Waals surface area contributed by atoms with Gasteiger partial charge in [-0.1, -0.05) is 42.3 Å². The van der Waals surface area contributed by atoms with Crippen molar-refractivity contribution >= 4 is 50.5 Å². The van der Waals surface area contributed by atoms with Crippen LogP contribution in [0.5, 0.6) is 0 Å². The second kappa shape index (κ2) is 11.0. The Morgan fingerprint density at radius 3 is 2.40 bits per heavy atom. The molecule has 1 atom stereocenters. The minimum atomic E-state index is -3.86. The Kier molecular flexibility index (Phi) is 8.02. The molecule has 0 radical (unpaired) electrons. The van der Waals surface area contributed by atoms with Gasteiger partial charge in [-0.05, 0) is 85.5 Å². The average Bonchev–Trinajstić information content (AvgIpc) is 2.82. The van der Waals surface area contributed by atoms with E-state index in [1.54, 1.807) is 18.2 Å². The Hall–Kier alpha value is -2.58. The van der Waals surface area contributed by atoms with Crippen LogP contribution in [0.1, 0.15) is 35.7 Å². The molecule has 6 nitrogen and oxygen atoms in total. The van der Waals surface area contributed by atoms with Gasteiger partial charge in [0.15, 0.2) is 0 Å². The van der Waals surface area contributed by atoms with Crippen molar-refractivity contribution in [2.45, 2.75) is 31.2 Å². The molecular weight excluding hydrogens is 505 g/mol. The van der Waals surface area contributed by atoms with Gasteiger partial charge in [-0.2, -0.15) is 0 Å². The van der Waals surface area contributed by atoms with Crippen LogP contribution in [0.15, 0.2) is 71.6 Å². The predicted molar refractivity (Wildman–Crippen MR) is 142 cm³/mol. The number of nitrogens with zero attached hydrogens (tertiary/aromatic N) is 1. The fraction of sp³-hybridized carbons (Fsp3) is 0.269. The van der Waals surface area contributed by atoms with E-state index >= 15 is 0 Å². The third kappa shape index (κ3) is 6.76. The van der Waals surface area contributed by atoms with E-state index in [1.165, 1.54) is 42.7 Å². The van der Waals surface area contributed by atoms with Crippen LogP contribution in [0.3, 0.4) is 0 Å². The smallest absolute Gasteiger partial charge is 0.261 e. The van der Waals surface area contributed by atoms with Gasteiger partial charge in [0.1, 0.15) is 0 Å². The molecule has 184 valence electrons. The lowest BCUT2D eigenvalue weighted by Crippen LogP contribution is -2.33. The van der Waals surface area contributed by atoms with Gasteiger partial charge in [-0.3, -0.25) is 14.4 Å². The van der Waals surface area contributed by atoms with Crippen LogP contribution in [0, 0.1) is 5.92 Å². The minimum Gasteiger partial charge on any atom is -0.322 e. The first-order chi connectivity index (χ1) is 16.7. The fourth-order valence-corrected chi connectivity index (χ4v) is 5.74. The maximum Gasteiger partial charge on any atom is 0.261 e. The zero-order chi connectivity index (χ0) is 25.0. The van der Waals surface area contributed by atoms with Gasteiger partial charge in [0.25, 0.3) is 15.9 Å². The summed E-state index contributed by atoms with van der Waals surface area (Å²) in [5, 5.41) is 3.41. The van der Waals surface area contributed by atoms with Crippen molar-refractivity contribution in [1.29, 1.82) is 0 Å². The van der Waals surface area contributed by atoms with Crippen LogP contribution < -0.4 is 10.0 Å². The summed E-state index contributed by atoms with van der Waals surface area (Å²) < 4.78 is 27.8. The zero-order valence-corrected chi connectivity index (χ0v) is 21.6. The summed E-state index contributed by atoms with van der Waals surface area (Å²) in [4.78, 5) is 15.2. The minimum absolute atomic E-state index is 0.0397. The second-order valence-electron chi connectivity index (χ2n) is 8.89. The number of hydrogen-bond donors (Lipinski definition) is 2. The quantitative estimate of drug-likeness (QED) is 0.376. The highest BCUT2D eigenvalue weighted by atomic mass is 35.5. The van der Waals surface area contributed by atoms with Crippen LogP contribution in [-0.2, 0) is 16.6 Å².